The number of aromatic nitrogens is 2. The van der Waals surface area contributed by atoms with Gasteiger partial charge in [-0.3, -0.25) is 0 Å². The zero-order valence-electron chi connectivity index (χ0n) is 17.0. The summed E-state index contributed by atoms with van der Waals surface area (Å²) in [4.78, 5) is 17.0. The van der Waals surface area contributed by atoms with E-state index < -0.39 is 5.63 Å². The van der Waals surface area contributed by atoms with Gasteiger partial charge in [-0.05, 0) is 30.3 Å². The van der Waals surface area contributed by atoms with Crippen LogP contribution in [0, 0.1) is 0 Å². The molecule has 0 unspecified atom stereocenters. The summed E-state index contributed by atoms with van der Waals surface area (Å²) >= 11 is 3.41. The molecule has 31 heavy (non-hydrogen) atoms. The number of nitrogens with zero attached hydrogens (tertiary/aromatic N) is 2. The molecule has 0 fully saturated rings. The highest BCUT2D eigenvalue weighted by atomic mass is 79.9. The molecule has 0 saturated carbocycles. The van der Waals surface area contributed by atoms with E-state index in [4.69, 9.17) is 27.9 Å². The Labute approximate surface area is 184 Å². The van der Waals surface area contributed by atoms with E-state index in [1.54, 1.807) is 30.3 Å². The Kier molecular flexibility index (Phi) is 5.55. The number of fused-ring (bicyclic) bond motifs is 1. The SMILES string of the molecule is COc1cc(-c2noc(-c3cc4cc(Br)cc(OC)c4oc3=O)n2)cc(OC)c1OC. The van der Waals surface area contributed by atoms with Crippen LogP contribution in [0.5, 0.6) is 23.0 Å². The molecule has 0 radical (unpaired) electrons. The second-order valence-electron chi connectivity index (χ2n) is 6.31. The number of ether oxygens (including phenoxy) is 4. The van der Waals surface area contributed by atoms with Gasteiger partial charge >= 0.3 is 5.63 Å². The van der Waals surface area contributed by atoms with Gasteiger partial charge in [-0.1, -0.05) is 21.1 Å². The van der Waals surface area contributed by atoms with Gasteiger partial charge < -0.3 is 27.9 Å². The molecule has 160 valence electrons. The molecule has 0 amide bonds. The Morgan fingerprint density at radius 1 is 0.871 bits per heavy atom. The fourth-order valence-electron chi connectivity index (χ4n) is 3.13. The molecule has 4 aromatic rings. The van der Waals surface area contributed by atoms with E-state index in [1.165, 1.54) is 28.4 Å². The lowest BCUT2D eigenvalue weighted by Crippen LogP contribution is -2.03. The lowest BCUT2D eigenvalue weighted by atomic mass is 10.1. The van der Waals surface area contributed by atoms with E-state index in [-0.39, 0.29) is 17.3 Å². The van der Waals surface area contributed by atoms with Crippen LogP contribution in [0.4, 0.5) is 0 Å². The highest BCUT2D eigenvalue weighted by molar-refractivity contribution is 9.10. The van der Waals surface area contributed by atoms with Crippen molar-refractivity contribution in [1.82, 2.24) is 10.1 Å². The molecule has 0 N–H and O–H groups in total. The molecule has 0 saturated heterocycles. The number of methoxy groups -OCH3 is 4. The van der Waals surface area contributed by atoms with Crippen molar-refractivity contribution in [3.05, 3.63) is 45.2 Å². The van der Waals surface area contributed by atoms with Crippen LogP contribution in [0.15, 0.2) is 48.5 Å². The number of benzene rings is 2. The largest absolute Gasteiger partial charge is 0.493 e. The molecule has 0 aliphatic heterocycles. The summed E-state index contributed by atoms with van der Waals surface area (Å²) in [7, 11) is 6.03. The van der Waals surface area contributed by atoms with Gasteiger partial charge in [0.1, 0.15) is 5.56 Å². The Morgan fingerprint density at radius 3 is 2.16 bits per heavy atom. The van der Waals surface area contributed by atoms with Crippen molar-refractivity contribution in [2.45, 2.75) is 0 Å². The fourth-order valence-corrected chi connectivity index (χ4v) is 3.58. The lowest BCUT2D eigenvalue weighted by Gasteiger charge is -2.12. The van der Waals surface area contributed by atoms with Gasteiger partial charge in [0.05, 0.1) is 28.4 Å². The van der Waals surface area contributed by atoms with Crippen LogP contribution in [-0.2, 0) is 0 Å². The van der Waals surface area contributed by atoms with E-state index in [9.17, 15) is 4.79 Å². The Bertz CT molecular complexity index is 1300. The first-order valence-corrected chi connectivity index (χ1v) is 9.74. The molecule has 0 atom stereocenters. The maximum absolute atomic E-state index is 12.6. The Morgan fingerprint density at radius 2 is 1.55 bits per heavy atom. The number of halogens is 1. The third kappa shape index (κ3) is 3.70. The summed E-state index contributed by atoms with van der Waals surface area (Å²) in [5.74, 6) is 1.98. The van der Waals surface area contributed by atoms with Crippen molar-refractivity contribution in [1.29, 1.82) is 0 Å². The summed E-state index contributed by atoms with van der Waals surface area (Å²) < 4.78 is 32.9. The minimum atomic E-state index is -0.631. The molecule has 0 spiro atoms. The van der Waals surface area contributed by atoms with E-state index in [0.29, 0.717) is 39.5 Å². The summed E-state index contributed by atoms with van der Waals surface area (Å²) in [6, 6.07) is 8.48. The maximum atomic E-state index is 12.6. The number of rotatable bonds is 6. The fraction of sp³-hybridized carbons (Fsp3) is 0.190. The molecule has 0 aliphatic carbocycles. The van der Waals surface area contributed by atoms with Crippen molar-refractivity contribution < 1.29 is 27.9 Å². The first-order valence-electron chi connectivity index (χ1n) is 8.95. The summed E-state index contributed by atoms with van der Waals surface area (Å²) in [6.07, 6.45) is 0. The average molecular weight is 489 g/mol. The standard InChI is InChI=1S/C21H17BrN2O7/c1-26-14-7-11(8-15(27-2)18(14)29-4)19-23-20(31-24-19)13-6-10-5-12(22)9-16(28-3)17(10)30-21(13)25/h5-9H,1-4H3. The van der Waals surface area contributed by atoms with E-state index in [1.807, 2.05) is 0 Å². The third-order valence-electron chi connectivity index (χ3n) is 4.56. The topological polar surface area (TPSA) is 106 Å². The van der Waals surface area contributed by atoms with Crippen molar-refractivity contribution in [2.75, 3.05) is 28.4 Å². The highest BCUT2D eigenvalue weighted by Gasteiger charge is 2.20. The lowest BCUT2D eigenvalue weighted by molar-refractivity contribution is 0.324. The van der Waals surface area contributed by atoms with Gasteiger partial charge in [0, 0.05) is 15.4 Å². The molecular formula is C21H17BrN2O7. The Balaban J connectivity index is 1.82. The quantitative estimate of drug-likeness (QED) is 0.367. The van der Waals surface area contributed by atoms with Crippen LogP contribution in [-0.4, -0.2) is 38.6 Å². The molecule has 9 nitrogen and oxygen atoms in total. The van der Waals surface area contributed by atoms with Gasteiger partial charge in [0.2, 0.25) is 11.6 Å². The molecule has 2 aromatic heterocycles. The highest BCUT2D eigenvalue weighted by Crippen LogP contribution is 2.41. The maximum Gasteiger partial charge on any atom is 0.349 e. The Hall–Kier alpha value is -3.53. The molecule has 4 rings (SSSR count). The molecular weight excluding hydrogens is 472 g/mol. The first kappa shape index (κ1) is 20.7. The van der Waals surface area contributed by atoms with Crippen LogP contribution in [0.25, 0.3) is 33.8 Å². The van der Waals surface area contributed by atoms with Gasteiger partial charge in [0.25, 0.3) is 5.89 Å². The summed E-state index contributed by atoms with van der Waals surface area (Å²) in [5.41, 5.74) is 0.370. The van der Waals surface area contributed by atoms with E-state index in [0.717, 1.165) is 4.47 Å². The van der Waals surface area contributed by atoms with Crippen LogP contribution in [0.1, 0.15) is 0 Å². The molecule has 10 heteroatoms. The van der Waals surface area contributed by atoms with Crippen molar-refractivity contribution in [3.63, 3.8) is 0 Å². The van der Waals surface area contributed by atoms with Crippen LogP contribution >= 0.6 is 15.9 Å². The predicted molar refractivity (Wildman–Crippen MR) is 115 cm³/mol. The molecule has 2 heterocycles. The van der Waals surface area contributed by atoms with Crippen molar-refractivity contribution in [2.24, 2.45) is 0 Å². The summed E-state index contributed by atoms with van der Waals surface area (Å²) in [6.45, 7) is 0. The van der Waals surface area contributed by atoms with Crippen LogP contribution in [0.3, 0.4) is 0 Å². The van der Waals surface area contributed by atoms with Crippen molar-refractivity contribution in [3.8, 4) is 45.8 Å². The number of hydrogen-bond donors (Lipinski definition) is 0. The smallest absolute Gasteiger partial charge is 0.349 e. The average Bonchev–Trinajstić information content (AvgIpc) is 3.27. The zero-order chi connectivity index (χ0) is 22.1. The van der Waals surface area contributed by atoms with Crippen LogP contribution in [0.2, 0.25) is 0 Å². The number of hydrogen-bond acceptors (Lipinski definition) is 9. The zero-order valence-corrected chi connectivity index (χ0v) is 18.6. The normalized spacial score (nSPS) is 10.9. The van der Waals surface area contributed by atoms with Gasteiger partial charge in [-0.25, -0.2) is 4.79 Å². The molecule has 0 aliphatic rings. The minimum Gasteiger partial charge on any atom is -0.493 e. The monoisotopic (exact) mass is 488 g/mol. The van der Waals surface area contributed by atoms with Gasteiger partial charge in [-0.15, -0.1) is 0 Å². The van der Waals surface area contributed by atoms with Gasteiger partial charge in [0.15, 0.2) is 22.8 Å². The molecule has 0 bridgehead atoms. The van der Waals surface area contributed by atoms with E-state index in [2.05, 4.69) is 26.1 Å². The summed E-state index contributed by atoms with van der Waals surface area (Å²) in [5, 5.41) is 4.62. The molecule has 2 aromatic carbocycles. The second kappa shape index (κ2) is 8.31. The predicted octanol–water partition coefficient (Wildman–Crippen LogP) is 4.31. The van der Waals surface area contributed by atoms with Crippen molar-refractivity contribution >= 4 is 26.9 Å². The first-order chi connectivity index (χ1) is 15.0. The van der Waals surface area contributed by atoms with Gasteiger partial charge in [-0.2, -0.15) is 4.98 Å². The third-order valence-corrected chi connectivity index (χ3v) is 5.02. The van der Waals surface area contributed by atoms with Crippen LogP contribution < -0.4 is 24.6 Å². The van der Waals surface area contributed by atoms with E-state index >= 15 is 0 Å². The minimum absolute atomic E-state index is 0.0124. The second-order valence-corrected chi connectivity index (χ2v) is 7.23.